The molecule has 0 unspecified atom stereocenters. The first-order valence-corrected chi connectivity index (χ1v) is 6.26. The van der Waals surface area contributed by atoms with Crippen LogP contribution in [0.4, 0.5) is 0 Å². The van der Waals surface area contributed by atoms with E-state index < -0.39 is 12.1 Å². The first-order chi connectivity index (χ1) is 8.11. The number of terminal acetylenes is 1. The molecule has 1 aromatic rings. The van der Waals surface area contributed by atoms with Gasteiger partial charge in [-0.15, -0.1) is 17.8 Å². The molecule has 1 saturated carbocycles. The summed E-state index contributed by atoms with van der Waals surface area (Å²) < 4.78 is 5.23. The topological polar surface area (TPSA) is 43.4 Å². The first-order valence-electron chi connectivity index (χ1n) is 5.38. The molecule has 0 aromatic carbocycles. The van der Waals surface area contributed by atoms with E-state index in [0.29, 0.717) is 16.4 Å². The predicted octanol–water partition coefficient (Wildman–Crippen LogP) is 2.52. The lowest BCUT2D eigenvalue weighted by Gasteiger charge is -2.09. The van der Waals surface area contributed by atoms with Crippen LogP contribution >= 0.6 is 11.3 Å². The molecule has 3 nitrogen and oxygen atoms in total. The maximum atomic E-state index is 11.8. The normalized spacial score (nSPS) is 16.0. The fourth-order valence-electron chi connectivity index (χ4n) is 1.47. The summed E-state index contributed by atoms with van der Waals surface area (Å²) in [6.07, 6.45) is 6.93. The Kier molecular flexibility index (Phi) is 3.30. The van der Waals surface area contributed by atoms with Crippen molar-refractivity contribution in [3.63, 3.8) is 0 Å². The first kappa shape index (κ1) is 11.9. The summed E-state index contributed by atoms with van der Waals surface area (Å²) in [4.78, 5) is 23.3. The van der Waals surface area contributed by atoms with Crippen LogP contribution in [0.15, 0.2) is 11.4 Å². The zero-order valence-corrected chi connectivity index (χ0v) is 10.3. The van der Waals surface area contributed by atoms with Gasteiger partial charge in [0.2, 0.25) is 0 Å². The van der Waals surface area contributed by atoms with E-state index in [4.69, 9.17) is 11.2 Å². The number of carbonyl (C=O) groups excluding carboxylic acids is 2. The van der Waals surface area contributed by atoms with Crippen LogP contribution in [-0.4, -0.2) is 17.9 Å². The predicted molar refractivity (Wildman–Crippen MR) is 65.1 cm³/mol. The van der Waals surface area contributed by atoms with Crippen molar-refractivity contribution < 1.29 is 14.3 Å². The Morgan fingerprint density at radius 3 is 2.76 bits per heavy atom. The summed E-state index contributed by atoms with van der Waals surface area (Å²) in [6.45, 7) is 1.46. The van der Waals surface area contributed by atoms with Crippen LogP contribution in [0.25, 0.3) is 0 Å². The number of thiophene rings is 1. The molecule has 17 heavy (non-hydrogen) atoms. The van der Waals surface area contributed by atoms with Crippen LogP contribution < -0.4 is 0 Å². The molecule has 1 atom stereocenters. The lowest BCUT2D eigenvalue weighted by Crippen LogP contribution is -2.17. The van der Waals surface area contributed by atoms with Gasteiger partial charge in [-0.3, -0.25) is 4.79 Å². The number of ketones is 1. The minimum absolute atomic E-state index is 0.0593. The number of ether oxygens (including phenoxy) is 1. The van der Waals surface area contributed by atoms with E-state index in [1.165, 1.54) is 18.3 Å². The highest BCUT2D eigenvalue weighted by Gasteiger charge is 2.33. The third-order valence-corrected chi connectivity index (χ3v) is 3.57. The number of Topliss-reactive ketones (excluding diaryl/α,β-unsaturated/α-hetero) is 1. The Balaban J connectivity index is 2.03. The molecule has 0 aliphatic heterocycles. The van der Waals surface area contributed by atoms with Crippen molar-refractivity contribution in [2.24, 2.45) is 5.92 Å². The average Bonchev–Trinajstić information content (AvgIpc) is 3.01. The van der Waals surface area contributed by atoms with Crippen LogP contribution in [0.1, 0.15) is 39.8 Å². The Morgan fingerprint density at radius 1 is 1.59 bits per heavy atom. The second-order valence-corrected chi connectivity index (χ2v) is 5.00. The van der Waals surface area contributed by atoms with Gasteiger partial charge in [0, 0.05) is 16.9 Å². The van der Waals surface area contributed by atoms with E-state index in [1.54, 1.807) is 11.4 Å². The summed E-state index contributed by atoms with van der Waals surface area (Å²) in [5.74, 6) is 2.31. The van der Waals surface area contributed by atoms with E-state index in [1.807, 2.05) is 0 Å². The molecule has 0 amide bonds. The lowest BCUT2D eigenvalue weighted by molar-refractivity contribution is 0.0380. The zero-order chi connectivity index (χ0) is 12.4. The van der Waals surface area contributed by atoms with Crippen molar-refractivity contribution in [2.45, 2.75) is 25.9 Å². The van der Waals surface area contributed by atoms with Crippen LogP contribution in [0, 0.1) is 18.3 Å². The molecule has 1 aliphatic rings. The van der Waals surface area contributed by atoms with Gasteiger partial charge in [-0.05, 0) is 25.8 Å². The number of hydrogen-bond donors (Lipinski definition) is 0. The molecule has 0 N–H and O–H groups in total. The molecule has 0 saturated heterocycles. The van der Waals surface area contributed by atoms with Crippen LogP contribution in [0.5, 0.6) is 0 Å². The van der Waals surface area contributed by atoms with Crippen molar-refractivity contribution >= 4 is 23.1 Å². The van der Waals surface area contributed by atoms with E-state index in [-0.39, 0.29) is 5.78 Å². The molecule has 1 heterocycles. The van der Waals surface area contributed by atoms with Crippen molar-refractivity contribution in [3.05, 3.63) is 21.9 Å². The molecular formula is C13H12O3S. The fraction of sp³-hybridized carbons (Fsp3) is 0.385. The summed E-state index contributed by atoms with van der Waals surface area (Å²) in [5.41, 5.74) is 0.533. The van der Waals surface area contributed by atoms with Gasteiger partial charge >= 0.3 is 5.97 Å². The van der Waals surface area contributed by atoms with Gasteiger partial charge < -0.3 is 4.74 Å². The molecule has 88 valence electrons. The largest absolute Gasteiger partial charge is 0.445 e. The molecule has 0 bridgehead atoms. The van der Waals surface area contributed by atoms with Gasteiger partial charge in [-0.1, -0.05) is 5.92 Å². The van der Waals surface area contributed by atoms with Gasteiger partial charge in [0.05, 0.1) is 0 Å². The summed E-state index contributed by atoms with van der Waals surface area (Å²) in [7, 11) is 0. The highest BCUT2D eigenvalue weighted by Crippen LogP contribution is 2.34. The highest BCUT2D eigenvalue weighted by molar-refractivity contribution is 7.12. The summed E-state index contributed by atoms with van der Waals surface area (Å²) in [6, 6.07) is 1.55. The minimum Gasteiger partial charge on any atom is -0.445 e. The minimum atomic E-state index is -0.433. The standard InChI is InChI=1S/C13H12O3S/c1-3-11(9-4-5-9)16-13(15)12-6-10(7-17-12)8(2)14/h1,6-7,9,11H,4-5H2,2H3/t11-/m0/s1. The maximum absolute atomic E-state index is 11.8. The smallest absolute Gasteiger partial charge is 0.349 e. The molecule has 1 aromatic heterocycles. The van der Waals surface area contributed by atoms with Crippen molar-refractivity contribution in [1.29, 1.82) is 0 Å². The highest BCUT2D eigenvalue weighted by atomic mass is 32.1. The van der Waals surface area contributed by atoms with Crippen molar-refractivity contribution in [1.82, 2.24) is 0 Å². The second-order valence-electron chi connectivity index (χ2n) is 4.09. The number of carbonyl (C=O) groups is 2. The molecular weight excluding hydrogens is 236 g/mol. The Bertz CT molecular complexity index is 491. The number of esters is 1. The Morgan fingerprint density at radius 2 is 2.29 bits per heavy atom. The quantitative estimate of drug-likeness (QED) is 0.467. The zero-order valence-electron chi connectivity index (χ0n) is 9.43. The van der Waals surface area contributed by atoms with Gasteiger partial charge in [0.25, 0.3) is 0 Å². The Hall–Kier alpha value is -1.60. The van der Waals surface area contributed by atoms with Gasteiger partial charge in [0.15, 0.2) is 11.9 Å². The van der Waals surface area contributed by atoms with E-state index in [2.05, 4.69) is 5.92 Å². The molecule has 0 radical (unpaired) electrons. The third kappa shape index (κ3) is 2.75. The van der Waals surface area contributed by atoms with E-state index >= 15 is 0 Å². The summed E-state index contributed by atoms with van der Waals surface area (Å²) in [5, 5.41) is 1.65. The monoisotopic (exact) mass is 248 g/mol. The number of rotatable bonds is 4. The SMILES string of the molecule is C#C[C@H](OC(=O)c1cc(C(C)=O)cs1)C1CC1. The maximum Gasteiger partial charge on any atom is 0.349 e. The van der Waals surface area contributed by atoms with Crippen LogP contribution in [0.2, 0.25) is 0 Å². The van der Waals surface area contributed by atoms with Crippen LogP contribution in [0.3, 0.4) is 0 Å². The second kappa shape index (κ2) is 4.72. The van der Waals surface area contributed by atoms with E-state index in [0.717, 1.165) is 12.8 Å². The third-order valence-electron chi connectivity index (χ3n) is 2.66. The molecule has 1 aliphatic carbocycles. The van der Waals surface area contributed by atoms with E-state index in [9.17, 15) is 9.59 Å². The fourth-order valence-corrected chi connectivity index (χ4v) is 2.29. The number of hydrogen-bond acceptors (Lipinski definition) is 4. The van der Waals surface area contributed by atoms with Crippen LogP contribution in [-0.2, 0) is 4.74 Å². The van der Waals surface area contributed by atoms with Gasteiger partial charge in [0.1, 0.15) is 4.88 Å². The van der Waals surface area contributed by atoms with Gasteiger partial charge in [-0.2, -0.15) is 0 Å². The molecule has 2 rings (SSSR count). The molecule has 0 spiro atoms. The van der Waals surface area contributed by atoms with Gasteiger partial charge in [-0.25, -0.2) is 4.79 Å². The Labute approximate surface area is 104 Å². The average molecular weight is 248 g/mol. The molecule has 1 fully saturated rings. The van der Waals surface area contributed by atoms with Crippen molar-refractivity contribution in [3.8, 4) is 12.3 Å². The lowest BCUT2D eigenvalue weighted by atomic mass is 10.2. The summed E-state index contributed by atoms with van der Waals surface area (Å²) >= 11 is 1.21. The molecule has 4 heteroatoms. The van der Waals surface area contributed by atoms with Crippen molar-refractivity contribution in [2.75, 3.05) is 0 Å².